The number of carbonyl (C=O) groups excluding carboxylic acids is 1. The van der Waals surface area contributed by atoms with E-state index in [2.05, 4.69) is 9.98 Å². The predicted octanol–water partition coefficient (Wildman–Crippen LogP) is 3.22. The highest BCUT2D eigenvalue weighted by Gasteiger charge is 2.19. The minimum Gasteiger partial charge on any atom is -0.428 e. The van der Waals surface area contributed by atoms with Crippen LogP contribution in [-0.2, 0) is 4.74 Å². The lowest BCUT2D eigenvalue weighted by molar-refractivity contribution is 0.0204. The summed E-state index contributed by atoms with van der Waals surface area (Å²) < 4.78 is 10.1. The Morgan fingerprint density at radius 2 is 2.00 bits per heavy atom. The van der Waals surface area contributed by atoms with Crippen LogP contribution in [0.5, 0.6) is 5.75 Å². The lowest BCUT2D eigenvalue weighted by Crippen LogP contribution is -2.27. The van der Waals surface area contributed by atoms with Crippen LogP contribution in [-0.4, -0.2) is 30.9 Å². The number of aliphatic imine (C=N–C) groups is 2. The zero-order valence-electron chi connectivity index (χ0n) is 14.1. The first-order valence-corrected chi connectivity index (χ1v) is 7.31. The van der Waals surface area contributed by atoms with Gasteiger partial charge >= 0.3 is 6.16 Å². The molecule has 0 aliphatic rings. The molecule has 1 aromatic carbocycles. The molecule has 0 unspecified atom stereocenters. The first kappa shape index (κ1) is 18.5. The van der Waals surface area contributed by atoms with E-state index in [9.17, 15) is 9.59 Å². The lowest BCUT2D eigenvalue weighted by Gasteiger charge is -2.18. The van der Waals surface area contributed by atoms with E-state index in [1.54, 1.807) is 46.2 Å². The van der Waals surface area contributed by atoms with Crippen molar-refractivity contribution in [3.05, 3.63) is 40.1 Å². The van der Waals surface area contributed by atoms with Gasteiger partial charge in [-0.15, -0.1) is 0 Å². The van der Waals surface area contributed by atoms with E-state index in [-0.39, 0.29) is 5.75 Å². The fourth-order valence-corrected chi connectivity index (χ4v) is 1.60. The van der Waals surface area contributed by atoms with Crippen LogP contribution in [0, 0.1) is 0 Å². The van der Waals surface area contributed by atoms with Crippen LogP contribution in [0.3, 0.4) is 0 Å². The Hall–Kier alpha value is -2.50. The van der Waals surface area contributed by atoms with E-state index < -0.39 is 17.2 Å². The second kappa shape index (κ2) is 8.22. The van der Waals surface area contributed by atoms with Gasteiger partial charge in [-0.2, -0.15) is 0 Å². The van der Waals surface area contributed by atoms with Crippen LogP contribution in [0.1, 0.15) is 39.7 Å². The number of carbonyl (C=O) groups is 1. The van der Waals surface area contributed by atoms with E-state index in [0.29, 0.717) is 11.4 Å². The second-order valence-corrected chi connectivity index (χ2v) is 5.69. The summed E-state index contributed by atoms with van der Waals surface area (Å²) in [7, 11) is 1.60. The first-order chi connectivity index (χ1) is 10.8. The van der Waals surface area contributed by atoms with E-state index in [1.165, 1.54) is 12.1 Å². The summed E-state index contributed by atoms with van der Waals surface area (Å²) in [6, 6.07) is 5.98. The molecule has 124 valence electrons. The highest BCUT2D eigenvalue weighted by atomic mass is 16.7. The van der Waals surface area contributed by atoms with Crippen molar-refractivity contribution >= 4 is 18.2 Å². The lowest BCUT2D eigenvalue weighted by atomic mass is 10.2. The van der Waals surface area contributed by atoms with Gasteiger partial charge in [0.05, 0.1) is 0 Å². The maximum Gasteiger partial charge on any atom is 0.514 e. The molecule has 6 heteroatoms. The average Bonchev–Trinajstić information content (AvgIpc) is 2.60. The topological polar surface area (TPSA) is 77.3 Å². The Labute approximate surface area is 135 Å². The molecule has 0 amide bonds. The third-order valence-corrected chi connectivity index (χ3v) is 2.50. The SMILES string of the molecule is CCC=NC(=NC)c1cccc(=O)c(OC(=O)OC(C)(C)C)c1. The molecular formula is C17H22N2O4. The van der Waals surface area contributed by atoms with Gasteiger partial charge in [-0.1, -0.05) is 19.1 Å². The molecule has 23 heavy (non-hydrogen) atoms. The fourth-order valence-electron chi connectivity index (χ4n) is 1.60. The third kappa shape index (κ3) is 6.42. The molecule has 0 saturated heterocycles. The van der Waals surface area contributed by atoms with Gasteiger partial charge in [-0.25, -0.2) is 9.79 Å². The summed E-state index contributed by atoms with van der Waals surface area (Å²) in [5.41, 5.74) is -0.573. The molecule has 0 bridgehead atoms. The van der Waals surface area contributed by atoms with Gasteiger partial charge in [0, 0.05) is 18.8 Å². The highest BCUT2D eigenvalue weighted by molar-refractivity contribution is 6.03. The number of amidine groups is 1. The summed E-state index contributed by atoms with van der Waals surface area (Å²) in [5, 5.41) is 0. The number of hydrogen-bond donors (Lipinski definition) is 0. The van der Waals surface area contributed by atoms with E-state index in [0.717, 1.165) is 6.42 Å². The van der Waals surface area contributed by atoms with Crippen molar-refractivity contribution < 1.29 is 14.3 Å². The van der Waals surface area contributed by atoms with Crippen LogP contribution in [0.2, 0.25) is 0 Å². The smallest absolute Gasteiger partial charge is 0.428 e. The summed E-state index contributed by atoms with van der Waals surface area (Å²) >= 11 is 0. The van der Waals surface area contributed by atoms with Crippen LogP contribution >= 0.6 is 0 Å². The van der Waals surface area contributed by atoms with Crippen molar-refractivity contribution in [3.8, 4) is 5.75 Å². The van der Waals surface area contributed by atoms with Crippen LogP contribution in [0.25, 0.3) is 0 Å². The molecule has 0 heterocycles. The number of nitrogens with zero attached hydrogens (tertiary/aromatic N) is 2. The molecule has 0 radical (unpaired) electrons. The first-order valence-electron chi connectivity index (χ1n) is 7.31. The van der Waals surface area contributed by atoms with Gasteiger partial charge in [0.1, 0.15) is 5.60 Å². The Balaban J connectivity index is 3.17. The molecule has 6 nitrogen and oxygen atoms in total. The van der Waals surface area contributed by atoms with Gasteiger partial charge in [0.25, 0.3) is 0 Å². The monoisotopic (exact) mass is 318 g/mol. The number of rotatable bonds is 3. The highest BCUT2D eigenvalue weighted by Crippen LogP contribution is 2.13. The van der Waals surface area contributed by atoms with E-state index >= 15 is 0 Å². The molecule has 0 aromatic heterocycles. The number of ether oxygens (including phenoxy) is 2. The molecule has 0 saturated carbocycles. The number of hydrogen-bond acceptors (Lipinski definition) is 5. The summed E-state index contributed by atoms with van der Waals surface area (Å²) in [5.74, 6) is 0.309. The van der Waals surface area contributed by atoms with Crippen molar-refractivity contribution in [3.63, 3.8) is 0 Å². The molecule has 0 atom stereocenters. The minimum absolute atomic E-state index is 0.132. The normalized spacial score (nSPS) is 12.3. The zero-order chi connectivity index (χ0) is 17.5. The van der Waals surface area contributed by atoms with Crippen molar-refractivity contribution in [2.45, 2.75) is 39.7 Å². The predicted molar refractivity (Wildman–Crippen MR) is 90.8 cm³/mol. The standard InChI is InChI=1S/C17H22N2O4/c1-6-10-19-15(18-5)12-8-7-9-13(20)14(11-12)22-16(21)23-17(2,3)4/h7-11H,6H2,1-5H3. The second-order valence-electron chi connectivity index (χ2n) is 5.69. The molecule has 1 rings (SSSR count). The van der Waals surface area contributed by atoms with Gasteiger partial charge in [-0.3, -0.25) is 9.79 Å². The van der Waals surface area contributed by atoms with Crippen LogP contribution in [0.15, 0.2) is 39.0 Å². The van der Waals surface area contributed by atoms with E-state index in [4.69, 9.17) is 9.47 Å². The van der Waals surface area contributed by atoms with Gasteiger partial charge in [0.15, 0.2) is 11.6 Å². The largest absolute Gasteiger partial charge is 0.514 e. The fraction of sp³-hybridized carbons (Fsp3) is 0.412. The minimum atomic E-state index is -0.932. The molecule has 1 aromatic rings. The molecule has 0 aliphatic carbocycles. The Morgan fingerprint density at radius 3 is 2.57 bits per heavy atom. The Bertz CT molecular complexity index is 673. The van der Waals surface area contributed by atoms with Gasteiger partial charge < -0.3 is 9.47 Å². The zero-order valence-corrected chi connectivity index (χ0v) is 14.1. The van der Waals surface area contributed by atoms with Crippen molar-refractivity contribution in [2.75, 3.05) is 7.05 Å². The summed E-state index contributed by atoms with van der Waals surface area (Å²) in [4.78, 5) is 32.0. The Morgan fingerprint density at radius 1 is 1.30 bits per heavy atom. The van der Waals surface area contributed by atoms with Crippen molar-refractivity contribution in [2.24, 2.45) is 9.98 Å². The van der Waals surface area contributed by atoms with Crippen molar-refractivity contribution in [1.82, 2.24) is 0 Å². The molecule has 0 fully saturated rings. The van der Waals surface area contributed by atoms with Gasteiger partial charge in [0.2, 0.25) is 5.43 Å². The molecule has 0 N–H and O–H groups in total. The van der Waals surface area contributed by atoms with Gasteiger partial charge in [-0.05, 0) is 39.3 Å². The maximum absolute atomic E-state index is 12.0. The summed E-state index contributed by atoms with van der Waals surface area (Å²) in [6.07, 6.45) is 1.53. The quantitative estimate of drug-likeness (QED) is 0.487. The maximum atomic E-state index is 12.0. The van der Waals surface area contributed by atoms with Crippen LogP contribution < -0.4 is 10.2 Å². The summed E-state index contributed by atoms with van der Waals surface area (Å²) in [6.45, 7) is 7.09. The van der Waals surface area contributed by atoms with E-state index in [1.807, 2.05) is 6.92 Å². The van der Waals surface area contributed by atoms with Crippen molar-refractivity contribution in [1.29, 1.82) is 0 Å². The third-order valence-electron chi connectivity index (χ3n) is 2.50. The Kier molecular flexibility index (Phi) is 6.63. The molecule has 0 spiro atoms. The average molecular weight is 318 g/mol. The van der Waals surface area contributed by atoms with Crippen LogP contribution in [0.4, 0.5) is 4.79 Å². The molecule has 0 aliphatic heterocycles. The molecular weight excluding hydrogens is 296 g/mol.